The van der Waals surface area contributed by atoms with Crippen molar-refractivity contribution in [2.24, 2.45) is 0 Å². The van der Waals surface area contributed by atoms with Gasteiger partial charge in [0.15, 0.2) is 17.3 Å². The quantitative estimate of drug-likeness (QED) is 0.0247. The third-order valence-corrected chi connectivity index (χ3v) is 15.1. The van der Waals surface area contributed by atoms with E-state index in [-0.39, 0.29) is 52.2 Å². The summed E-state index contributed by atoms with van der Waals surface area (Å²) in [5.74, 6) is 0.0971. The zero-order chi connectivity index (χ0) is 54.1. The number of nitrogens with two attached hydrogens (primary N) is 2. The first-order valence-electron chi connectivity index (χ1n) is 25.9. The van der Waals surface area contributed by atoms with Crippen LogP contribution in [0.3, 0.4) is 0 Å². The zero-order valence-electron chi connectivity index (χ0n) is 42.6. The van der Waals surface area contributed by atoms with Crippen molar-refractivity contribution >= 4 is 30.5 Å². The van der Waals surface area contributed by atoms with Gasteiger partial charge in [0.25, 0.3) is 0 Å². The van der Waals surface area contributed by atoms with Crippen molar-refractivity contribution in [1.29, 1.82) is 15.8 Å². The van der Waals surface area contributed by atoms with Crippen molar-refractivity contribution in [2.75, 3.05) is 44.5 Å². The fourth-order valence-electron chi connectivity index (χ4n) is 9.41. The van der Waals surface area contributed by atoms with Gasteiger partial charge in [0.2, 0.25) is 17.1 Å². The number of unbranched alkanes of at least 4 members (excludes halogenated alkanes) is 15. The summed E-state index contributed by atoms with van der Waals surface area (Å²) in [5.41, 5.74) is 8.09. The van der Waals surface area contributed by atoms with Crippen molar-refractivity contribution in [3.63, 3.8) is 0 Å². The summed E-state index contributed by atoms with van der Waals surface area (Å²) >= 11 is 0. The summed E-state index contributed by atoms with van der Waals surface area (Å²) in [6, 6.07) is 11.6. The summed E-state index contributed by atoms with van der Waals surface area (Å²) in [6.45, 7) is 0.223. The molecule has 0 aliphatic carbocycles. The molecule has 0 radical (unpaired) electrons. The van der Waals surface area contributed by atoms with Crippen LogP contribution in [0.4, 0.5) is 11.6 Å². The minimum Gasteiger partial charge on any atom is -0.468 e. The van der Waals surface area contributed by atoms with E-state index in [2.05, 4.69) is 37.1 Å². The Bertz CT molecular complexity index is 2690. The lowest BCUT2D eigenvalue weighted by Crippen LogP contribution is -2.41. The van der Waals surface area contributed by atoms with E-state index in [4.69, 9.17) is 44.0 Å². The van der Waals surface area contributed by atoms with Crippen molar-refractivity contribution in [1.82, 2.24) is 39.2 Å². The smallest absolute Gasteiger partial charge is 0.468 e. The van der Waals surface area contributed by atoms with E-state index in [0.29, 0.717) is 6.61 Å². The number of hydrogen-bond donors (Lipinski definition) is 6. The molecule has 7 heterocycles. The molecular weight excluding hydrogens is 1010 g/mol. The van der Waals surface area contributed by atoms with E-state index in [1.165, 1.54) is 123 Å². The molecule has 8 N–H and O–H groups in total. The topological polar surface area (TPSA) is 372 Å². The van der Waals surface area contributed by atoms with Crippen molar-refractivity contribution in [3.05, 3.63) is 66.4 Å². The molecule has 410 valence electrons. The summed E-state index contributed by atoms with van der Waals surface area (Å²) in [7, 11) is -4.99. The minimum atomic E-state index is -4.99. The molecule has 2 saturated heterocycles. The van der Waals surface area contributed by atoms with E-state index >= 15 is 0 Å². The Hall–Kier alpha value is -5.98. The van der Waals surface area contributed by atoms with Crippen molar-refractivity contribution in [2.45, 2.75) is 164 Å². The zero-order valence-corrected chi connectivity index (χ0v) is 43.5. The molecule has 9 atom stereocenters. The van der Waals surface area contributed by atoms with Crippen molar-refractivity contribution < 1.29 is 57.5 Å². The Kier molecular flexibility index (Phi) is 20.8. The lowest BCUT2D eigenvalue weighted by atomic mass is 9.92. The standard InChI is InChI=1S/C50H68N13O12P/c1-2-3-4-5-6-7-8-9-10-11-12-13-14-15-16-17-22-69-26-35(73-42-25-56-34(23-51)24-57-42)27-70-76(68,71-28-38-43(64)45(66)49(30-52,74-38)40-20-18-36-47(54)58-32-60-62(36)40)72-29-39-44(65)46(67)50(31-53,75-39)41-21-19-37-48(55)59-33-61-63(37)41/h18-21,24-25,32-33,35,38-39,43-46,64-67H,2-17,22,26-29H2,1H3,(H2,54,58,60)(H2,55,59,61)/t35-,38-,39-,43-,44-,45-,46-,49+,50+/m1/s1. The monoisotopic (exact) mass is 1070 g/mol. The summed E-state index contributed by atoms with van der Waals surface area (Å²) in [6.07, 6.45) is 12.5. The molecule has 25 nitrogen and oxygen atoms in total. The molecule has 76 heavy (non-hydrogen) atoms. The average Bonchev–Trinajstić information content (AvgIpc) is 4.19. The van der Waals surface area contributed by atoms with Gasteiger partial charge in [-0.3, -0.25) is 13.6 Å². The lowest BCUT2D eigenvalue weighted by Gasteiger charge is -2.26. The number of ether oxygens (including phenoxy) is 4. The molecule has 26 heteroatoms. The van der Waals surface area contributed by atoms with Crippen LogP contribution in [0, 0.1) is 34.0 Å². The molecule has 0 spiro atoms. The summed E-state index contributed by atoms with van der Waals surface area (Å²) in [4.78, 5) is 16.0. The fourth-order valence-corrected chi connectivity index (χ4v) is 10.6. The van der Waals surface area contributed by atoms with Gasteiger partial charge >= 0.3 is 7.82 Å². The first-order valence-corrected chi connectivity index (χ1v) is 27.4. The maximum absolute atomic E-state index is 14.9. The molecule has 5 aromatic heterocycles. The number of aliphatic hydroxyl groups is 4. The van der Waals surface area contributed by atoms with Crippen LogP contribution in [-0.4, -0.2) is 135 Å². The number of nitrogen functional groups attached to an aromatic ring is 2. The van der Waals surface area contributed by atoms with Crippen LogP contribution in [-0.2, 0) is 43.5 Å². The van der Waals surface area contributed by atoms with Gasteiger partial charge < -0.3 is 50.8 Å². The van der Waals surface area contributed by atoms with Gasteiger partial charge in [-0.05, 0) is 30.7 Å². The highest BCUT2D eigenvalue weighted by atomic mass is 31.2. The summed E-state index contributed by atoms with van der Waals surface area (Å²) in [5, 5.41) is 84.0. The van der Waals surface area contributed by atoms with E-state index in [1.54, 1.807) is 0 Å². The second-order valence-corrected chi connectivity index (χ2v) is 20.7. The molecule has 0 aromatic carbocycles. The highest BCUT2D eigenvalue weighted by Crippen LogP contribution is 2.52. The summed E-state index contributed by atoms with van der Waals surface area (Å²) < 4.78 is 59.0. The maximum Gasteiger partial charge on any atom is 0.475 e. The van der Waals surface area contributed by atoms with Gasteiger partial charge in [0, 0.05) is 6.61 Å². The predicted octanol–water partition coefficient (Wildman–Crippen LogP) is 4.86. The largest absolute Gasteiger partial charge is 0.475 e. The Morgan fingerprint density at radius 2 is 1.13 bits per heavy atom. The highest BCUT2D eigenvalue weighted by molar-refractivity contribution is 7.48. The third-order valence-electron chi connectivity index (χ3n) is 13.7. The van der Waals surface area contributed by atoms with E-state index < -0.39 is 81.6 Å². The van der Waals surface area contributed by atoms with E-state index in [1.807, 2.05) is 18.2 Å². The van der Waals surface area contributed by atoms with Gasteiger partial charge in [-0.2, -0.15) is 26.0 Å². The molecule has 5 aromatic rings. The molecule has 0 unspecified atom stereocenters. The van der Waals surface area contributed by atoms with Crippen LogP contribution < -0.4 is 16.2 Å². The number of hydrogen-bond acceptors (Lipinski definition) is 23. The number of nitriles is 3. The van der Waals surface area contributed by atoms with Gasteiger partial charge in [-0.25, -0.2) is 33.5 Å². The Balaban J connectivity index is 1.01. The number of aliphatic hydroxyl groups excluding tert-OH is 4. The van der Waals surface area contributed by atoms with Crippen LogP contribution >= 0.6 is 7.82 Å². The Morgan fingerprint density at radius 1 is 0.658 bits per heavy atom. The van der Waals surface area contributed by atoms with Crippen LogP contribution in [0.25, 0.3) is 11.0 Å². The first-order chi connectivity index (χ1) is 36.8. The van der Waals surface area contributed by atoms with Gasteiger partial charge in [-0.1, -0.05) is 103 Å². The normalized spacial score (nSPS) is 23.9. The number of fused-ring (bicyclic) bond motifs is 2. The number of rotatable bonds is 32. The van der Waals surface area contributed by atoms with Crippen LogP contribution in [0.5, 0.6) is 5.88 Å². The third kappa shape index (κ3) is 13.6. The fraction of sp³-hybridized carbons (Fsp3) is 0.620. The molecule has 0 bridgehead atoms. The van der Waals surface area contributed by atoms with E-state index in [9.17, 15) is 40.8 Å². The lowest BCUT2D eigenvalue weighted by molar-refractivity contribution is -0.0757. The second kappa shape index (κ2) is 27.4. The van der Waals surface area contributed by atoms with E-state index in [0.717, 1.165) is 38.3 Å². The number of phosphoric ester groups is 1. The highest BCUT2D eigenvalue weighted by Gasteiger charge is 2.59. The van der Waals surface area contributed by atoms with Crippen LogP contribution in [0.15, 0.2) is 49.3 Å². The molecule has 2 aliphatic rings. The Labute approximate surface area is 440 Å². The number of nitrogens with zero attached hydrogens (tertiary/aromatic N) is 11. The molecular formula is C50H68N13O12P. The van der Waals surface area contributed by atoms with Crippen LogP contribution in [0.2, 0.25) is 0 Å². The number of aromatic nitrogens is 8. The number of phosphoric acid groups is 1. The minimum absolute atomic E-state index is 0.00821. The maximum atomic E-state index is 14.9. The molecule has 0 amide bonds. The molecule has 2 fully saturated rings. The second-order valence-electron chi connectivity index (χ2n) is 19.0. The van der Waals surface area contributed by atoms with Gasteiger partial charge in [-0.15, -0.1) is 0 Å². The van der Waals surface area contributed by atoms with Crippen molar-refractivity contribution in [3.8, 4) is 24.1 Å². The number of anilines is 2. The average molecular weight is 1070 g/mol. The van der Waals surface area contributed by atoms with Crippen LogP contribution in [0.1, 0.15) is 127 Å². The van der Waals surface area contributed by atoms with Gasteiger partial charge in [0.1, 0.15) is 84.6 Å². The Morgan fingerprint density at radius 3 is 1.57 bits per heavy atom. The predicted molar refractivity (Wildman–Crippen MR) is 270 cm³/mol. The molecule has 0 saturated carbocycles. The van der Waals surface area contributed by atoms with Gasteiger partial charge in [0.05, 0.1) is 50.2 Å². The molecule has 7 rings (SSSR count). The SMILES string of the molecule is CCCCCCCCCCCCCCCCCCOC[C@H](COP(=O)(OC[C@H]1O[C@@](C#N)(c2ccc3c(N)ncnn23)[C@H](O)[C@@H]1O)OC[C@H]1O[C@@](C#N)(c2ccc3c(N)ncnn23)[C@H](O)[C@@H]1O)Oc1cnc(C#N)cn1. The molecule has 2 aliphatic heterocycles. The first kappa shape index (κ1) is 57.7.